The maximum Gasteiger partial charge on any atom is 0.338 e. The molecular formula is C27H38FN5O4. The van der Waals surface area contributed by atoms with Crippen molar-refractivity contribution in [1.82, 2.24) is 25.3 Å². The lowest BCUT2D eigenvalue weighted by Gasteiger charge is -2.43. The van der Waals surface area contributed by atoms with E-state index in [2.05, 4.69) is 22.1 Å². The maximum atomic E-state index is 14.1. The van der Waals surface area contributed by atoms with Crippen LogP contribution in [0.25, 0.3) is 0 Å². The highest BCUT2D eigenvalue weighted by Crippen LogP contribution is 2.32. The third-order valence-electron chi connectivity index (χ3n) is 6.26. The number of piperazine rings is 1. The van der Waals surface area contributed by atoms with Gasteiger partial charge in [0, 0.05) is 50.0 Å². The van der Waals surface area contributed by atoms with Crippen molar-refractivity contribution in [2.45, 2.75) is 52.2 Å². The van der Waals surface area contributed by atoms with Crippen LogP contribution in [0.1, 0.15) is 46.2 Å². The van der Waals surface area contributed by atoms with Gasteiger partial charge in [-0.15, -0.1) is 6.58 Å². The number of esters is 1. The van der Waals surface area contributed by atoms with E-state index in [9.17, 15) is 18.8 Å². The fraction of sp³-hybridized carbons (Fsp3) is 0.519. The average Bonchev–Trinajstić information content (AvgIpc) is 2.80. The van der Waals surface area contributed by atoms with Crippen LogP contribution in [0, 0.1) is 5.82 Å². The van der Waals surface area contributed by atoms with Gasteiger partial charge in [-0.1, -0.05) is 18.2 Å². The Bertz CT molecular complexity index is 1070. The van der Waals surface area contributed by atoms with Crippen LogP contribution in [-0.2, 0) is 9.53 Å². The summed E-state index contributed by atoms with van der Waals surface area (Å²) in [4.78, 5) is 44.6. The predicted molar refractivity (Wildman–Crippen MR) is 139 cm³/mol. The van der Waals surface area contributed by atoms with E-state index in [1.807, 2.05) is 27.7 Å². The molecule has 1 aromatic carbocycles. The number of nitrogens with zero attached hydrogens (tertiary/aromatic N) is 3. The van der Waals surface area contributed by atoms with Gasteiger partial charge in [-0.05, 0) is 52.3 Å². The summed E-state index contributed by atoms with van der Waals surface area (Å²) in [5.74, 6) is -1.04. The lowest BCUT2D eigenvalue weighted by Crippen LogP contribution is -2.59. The van der Waals surface area contributed by atoms with Crippen LogP contribution >= 0.6 is 0 Å². The van der Waals surface area contributed by atoms with Gasteiger partial charge >= 0.3 is 18.0 Å². The van der Waals surface area contributed by atoms with Gasteiger partial charge in [-0.2, -0.15) is 0 Å². The largest absolute Gasteiger partial charge is 0.463 e. The minimum atomic E-state index is -0.866. The summed E-state index contributed by atoms with van der Waals surface area (Å²) in [7, 11) is 0. The number of hydrogen-bond donors (Lipinski definition) is 2. The first kappa shape index (κ1) is 28.2. The van der Waals surface area contributed by atoms with Gasteiger partial charge < -0.3 is 20.3 Å². The van der Waals surface area contributed by atoms with Gasteiger partial charge in [0.05, 0.1) is 18.2 Å². The molecule has 2 N–H and O–H groups in total. The zero-order chi connectivity index (χ0) is 27.3. The zero-order valence-electron chi connectivity index (χ0n) is 22.3. The summed E-state index contributed by atoms with van der Waals surface area (Å²) in [6, 6.07) is 4.34. The Morgan fingerprint density at radius 3 is 2.62 bits per heavy atom. The number of carbonyl (C=O) groups is 3. The van der Waals surface area contributed by atoms with Crippen molar-refractivity contribution in [3.05, 3.63) is 59.6 Å². The summed E-state index contributed by atoms with van der Waals surface area (Å²) in [6.45, 7) is 15.5. The summed E-state index contributed by atoms with van der Waals surface area (Å²) >= 11 is 0. The molecule has 9 nitrogen and oxygen atoms in total. The normalized spacial score (nSPS) is 21.0. The summed E-state index contributed by atoms with van der Waals surface area (Å²) in [5, 5.41) is 5.84. The standard InChI is InChI=1S/C27H38FN5O4/c1-7-12-33-21(17-31-13-14-32(18(3)16-31)26(36)30-27(4,5)6)22(24(34)37-8-2)23(29-25(33)35)19-10-9-11-20(28)15-19/h7,9-11,15,18,23H,1,8,12-14,16-17H2,2-6H3,(H,29,35)(H,30,36)/t18-,23+/m0/s1. The smallest absolute Gasteiger partial charge is 0.338 e. The molecule has 0 radical (unpaired) electrons. The van der Waals surface area contributed by atoms with Crippen LogP contribution < -0.4 is 10.6 Å². The SMILES string of the molecule is C=CCN1C(=O)N[C@H](c2cccc(F)c2)C(C(=O)OCC)=C1CN1CCN(C(=O)NC(C)(C)C)[C@@H](C)C1. The molecule has 202 valence electrons. The van der Waals surface area contributed by atoms with Crippen molar-refractivity contribution in [2.75, 3.05) is 39.3 Å². The Balaban J connectivity index is 1.96. The van der Waals surface area contributed by atoms with Crippen molar-refractivity contribution < 1.29 is 23.5 Å². The summed E-state index contributed by atoms with van der Waals surface area (Å²) in [5.41, 5.74) is 0.842. The molecule has 0 spiro atoms. The second kappa shape index (κ2) is 11.8. The zero-order valence-corrected chi connectivity index (χ0v) is 22.3. The summed E-state index contributed by atoms with van der Waals surface area (Å²) < 4.78 is 19.5. The van der Waals surface area contributed by atoms with E-state index in [-0.39, 0.29) is 42.9 Å². The third-order valence-corrected chi connectivity index (χ3v) is 6.26. The highest BCUT2D eigenvalue weighted by Gasteiger charge is 2.39. The molecule has 0 bridgehead atoms. The first-order valence-electron chi connectivity index (χ1n) is 12.6. The molecule has 37 heavy (non-hydrogen) atoms. The van der Waals surface area contributed by atoms with Gasteiger partial charge in [0.1, 0.15) is 5.82 Å². The minimum Gasteiger partial charge on any atom is -0.463 e. The maximum absolute atomic E-state index is 14.1. The quantitative estimate of drug-likeness (QED) is 0.429. The molecule has 0 unspecified atom stereocenters. The first-order chi connectivity index (χ1) is 17.4. The molecular weight excluding hydrogens is 477 g/mol. The second-order valence-electron chi connectivity index (χ2n) is 10.4. The molecule has 2 aliphatic rings. The van der Waals surface area contributed by atoms with Crippen LogP contribution in [0.3, 0.4) is 0 Å². The second-order valence-corrected chi connectivity index (χ2v) is 10.4. The van der Waals surface area contributed by atoms with Gasteiger partial charge in [0.25, 0.3) is 0 Å². The van der Waals surface area contributed by atoms with Gasteiger partial charge in [0.2, 0.25) is 0 Å². The lowest BCUT2D eigenvalue weighted by atomic mass is 9.94. The Kier molecular flexibility index (Phi) is 8.96. The Hall–Kier alpha value is -3.40. The van der Waals surface area contributed by atoms with Crippen molar-refractivity contribution in [2.24, 2.45) is 0 Å². The van der Waals surface area contributed by atoms with Gasteiger partial charge in [0.15, 0.2) is 0 Å². The number of halogens is 1. The van der Waals surface area contributed by atoms with Crippen molar-refractivity contribution in [1.29, 1.82) is 0 Å². The molecule has 3 rings (SSSR count). The molecule has 10 heteroatoms. The number of ether oxygens (including phenoxy) is 1. The average molecular weight is 516 g/mol. The number of hydrogen-bond acceptors (Lipinski definition) is 5. The van der Waals surface area contributed by atoms with Gasteiger partial charge in [-0.3, -0.25) is 9.80 Å². The molecule has 2 atom stereocenters. The number of rotatable bonds is 7. The predicted octanol–water partition coefficient (Wildman–Crippen LogP) is 3.41. The van der Waals surface area contributed by atoms with Gasteiger partial charge in [-0.25, -0.2) is 18.8 Å². The molecule has 2 aliphatic heterocycles. The fourth-order valence-corrected chi connectivity index (χ4v) is 4.66. The van der Waals surface area contributed by atoms with E-state index in [1.165, 1.54) is 17.0 Å². The Morgan fingerprint density at radius 2 is 2.03 bits per heavy atom. The number of carbonyl (C=O) groups excluding carboxylic acids is 3. The molecule has 1 fully saturated rings. The topological polar surface area (TPSA) is 94.2 Å². The van der Waals surface area contributed by atoms with Crippen molar-refractivity contribution >= 4 is 18.0 Å². The van der Waals surface area contributed by atoms with Crippen LogP contribution in [0.2, 0.25) is 0 Å². The number of urea groups is 2. The van der Waals surface area contributed by atoms with E-state index >= 15 is 0 Å². The molecule has 2 heterocycles. The van der Waals surface area contributed by atoms with E-state index in [1.54, 1.807) is 30.0 Å². The first-order valence-corrected chi connectivity index (χ1v) is 12.6. The third kappa shape index (κ3) is 6.88. The number of benzene rings is 1. The summed E-state index contributed by atoms with van der Waals surface area (Å²) in [6.07, 6.45) is 1.59. The monoisotopic (exact) mass is 515 g/mol. The van der Waals surface area contributed by atoms with Crippen molar-refractivity contribution in [3.63, 3.8) is 0 Å². The van der Waals surface area contributed by atoms with E-state index in [0.29, 0.717) is 30.9 Å². The van der Waals surface area contributed by atoms with E-state index in [4.69, 9.17) is 4.74 Å². The lowest BCUT2D eigenvalue weighted by molar-refractivity contribution is -0.139. The molecule has 0 saturated carbocycles. The van der Waals surface area contributed by atoms with Crippen molar-refractivity contribution in [3.8, 4) is 0 Å². The highest BCUT2D eigenvalue weighted by molar-refractivity contribution is 5.95. The fourth-order valence-electron chi connectivity index (χ4n) is 4.66. The van der Waals surface area contributed by atoms with Crippen LogP contribution in [0.4, 0.5) is 14.0 Å². The van der Waals surface area contributed by atoms with E-state index in [0.717, 1.165) is 0 Å². The molecule has 4 amide bonds. The van der Waals surface area contributed by atoms with E-state index < -0.39 is 23.9 Å². The van der Waals surface area contributed by atoms with Crippen LogP contribution in [-0.4, -0.2) is 83.6 Å². The number of amides is 4. The van der Waals surface area contributed by atoms with Crippen LogP contribution in [0.5, 0.6) is 0 Å². The Morgan fingerprint density at radius 1 is 1.30 bits per heavy atom. The molecule has 0 aromatic heterocycles. The minimum absolute atomic E-state index is 0.0907. The molecule has 0 aliphatic carbocycles. The molecule has 1 aromatic rings. The number of nitrogens with one attached hydrogen (secondary N) is 2. The molecule has 1 saturated heterocycles. The van der Waals surface area contributed by atoms with Crippen LogP contribution in [0.15, 0.2) is 48.2 Å². The Labute approximate surface area is 218 Å². The highest BCUT2D eigenvalue weighted by atomic mass is 19.1.